The van der Waals surface area contributed by atoms with E-state index < -0.39 is 0 Å². The lowest BCUT2D eigenvalue weighted by Gasteiger charge is -2.03. The molecule has 80 valence electrons. The average Bonchev–Trinajstić information content (AvgIpc) is 2.70. The van der Waals surface area contributed by atoms with Crippen LogP contribution in [0.1, 0.15) is 12.0 Å². The molecule has 2 N–H and O–H groups in total. The molecule has 0 saturated heterocycles. The number of benzene rings is 1. The van der Waals surface area contributed by atoms with Crippen LogP contribution in [-0.2, 0) is 4.84 Å². The summed E-state index contributed by atoms with van der Waals surface area (Å²) < 4.78 is 0.862. The second kappa shape index (κ2) is 4.51. The fourth-order valence-corrected chi connectivity index (χ4v) is 1.90. The van der Waals surface area contributed by atoms with Gasteiger partial charge < -0.3 is 10.6 Å². The Morgan fingerprint density at radius 1 is 1.60 bits per heavy atom. The van der Waals surface area contributed by atoms with E-state index in [4.69, 9.17) is 22.2 Å². The molecule has 0 bridgehead atoms. The molecule has 5 heteroatoms. The summed E-state index contributed by atoms with van der Waals surface area (Å²) in [5.41, 5.74) is 7.43. The van der Waals surface area contributed by atoms with E-state index in [-0.39, 0.29) is 6.10 Å². The molecule has 0 fully saturated rings. The number of nitrogens with two attached hydrogens (primary N) is 1. The zero-order valence-electron chi connectivity index (χ0n) is 7.91. The molecule has 1 aliphatic rings. The highest BCUT2D eigenvalue weighted by Gasteiger charge is 2.20. The van der Waals surface area contributed by atoms with Gasteiger partial charge in [0.1, 0.15) is 6.10 Å². The molecule has 0 amide bonds. The van der Waals surface area contributed by atoms with Crippen molar-refractivity contribution in [3.63, 3.8) is 0 Å². The molecule has 15 heavy (non-hydrogen) atoms. The first kappa shape index (κ1) is 10.9. The van der Waals surface area contributed by atoms with Gasteiger partial charge in [-0.05, 0) is 28.1 Å². The molecule has 1 aromatic carbocycles. The molecule has 1 aromatic rings. The second-order valence-corrected chi connectivity index (χ2v) is 4.60. The summed E-state index contributed by atoms with van der Waals surface area (Å²) in [5.74, 6) is 0. The van der Waals surface area contributed by atoms with Gasteiger partial charge in [0.25, 0.3) is 0 Å². The minimum Gasteiger partial charge on any atom is -0.390 e. The van der Waals surface area contributed by atoms with E-state index in [1.807, 2.05) is 18.2 Å². The Labute approximate surface area is 101 Å². The highest BCUT2D eigenvalue weighted by Crippen LogP contribution is 2.25. The zero-order chi connectivity index (χ0) is 10.8. The van der Waals surface area contributed by atoms with Gasteiger partial charge in [-0.1, -0.05) is 22.8 Å². The first-order chi connectivity index (χ1) is 7.20. The van der Waals surface area contributed by atoms with E-state index in [1.165, 1.54) is 0 Å². The third-order valence-corrected chi connectivity index (χ3v) is 3.46. The van der Waals surface area contributed by atoms with Crippen LogP contribution in [0.15, 0.2) is 27.8 Å². The van der Waals surface area contributed by atoms with Crippen molar-refractivity contribution >= 4 is 33.2 Å². The van der Waals surface area contributed by atoms with Gasteiger partial charge in [0.15, 0.2) is 0 Å². The highest BCUT2D eigenvalue weighted by atomic mass is 79.9. The van der Waals surface area contributed by atoms with E-state index in [2.05, 4.69) is 21.1 Å². The third-order valence-electron chi connectivity index (χ3n) is 2.25. The molecule has 0 aromatic heterocycles. The van der Waals surface area contributed by atoms with Crippen LogP contribution in [0, 0.1) is 0 Å². The maximum Gasteiger partial charge on any atom is 0.145 e. The Bertz CT molecular complexity index is 408. The second-order valence-electron chi connectivity index (χ2n) is 3.33. The topological polar surface area (TPSA) is 47.6 Å². The van der Waals surface area contributed by atoms with Gasteiger partial charge in [0, 0.05) is 23.0 Å². The summed E-state index contributed by atoms with van der Waals surface area (Å²) in [7, 11) is 0. The van der Waals surface area contributed by atoms with Crippen LogP contribution in [0.5, 0.6) is 0 Å². The largest absolute Gasteiger partial charge is 0.390 e. The van der Waals surface area contributed by atoms with Crippen LogP contribution in [-0.4, -0.2) is 18.4 Å². The molecule has 2 rings (SSSR count). The molecule has 3 nitrogen and oxygen atoms in total. The number of rotatable bonds is 2. The SMILES string of the molecule is NCC1CC(c2ccc(Cl)c(Br)c2)=NO1. The van der Waals surface area contributed by atoms with Crippen molar-refractivity contribution in [3.05, 3.63) is 33.3 Å². The maximum absolute atomic E-state index is 5.91. The minimum atomic E-state index is 0.00875. The fourth-order valence-electron chi connectivity index (χ4n) is 1.40. The summed E-state index contributed by atoms with van der Waals surface area (Å²) in [6.07, 6.45) is 0.763. The van der Waals surface area contributed by atoms with Crippen LogP contribution in [0.25, 0.3) is 0 Å². The Hall–Kier alpha value is -0.580. The predicted molar refractivity (Wildman–Crippen MR) is 64.2 cm³/mol. The Morgan fingerprint density at radius 3 is 3.00 bits per heavy atom. The summed E-state index contributed by atoms with van der Waals surface area (Å²) in [6, 6.07) is 5.69. The van der Waals surface area contributed by atoms with Crippen LogP contribution in [0.2, 0.25) is 5.02 Å². The Balaban J connectivity index is 2.21. The fraction of sp³-hybridized carbons (Fsp3) is 0.300. The monoisotopic (exact) mass is 288 g/mol. The van der Waals surface area contributed by atoms with E-state index in [0.29, 0.717) is 11.6 Å². The quantitative estimate of drug-likeness (QED) is 0.909. The molecule has 0 aliphatic carbocycles. The Morgan fingerprint density at radius 2 is 2.40 bits per heavy atom. The zero-order valence-corrected chi connectivity index (χ0v) is 10.3. The minimum absolute atomic E-state index is 0.00875. The van der Waals surface area contributed by atoms with Crippen LogP contribution >= 0.6 is 27.5 Å². The number of oxime groups is 1. The van der Waals surface area contributed by atoms with Crippen molar-refractivity contribution in [2.75, 3.05) is 6.54 Å². The smallest absolute Gasteiger partial charge is 0.145 e. The van der Waals surface area contributed by atoms with Crippen molar-refractivity contribution in [3.8, 4) is 0 Å². The van der Waals surface area contributed by atoms with Crippen molar-refractivity contribution in [1.82, 2.24) is 0 Å². The highest BCUT2D eigenvalue weighted by molar-refractivity contribution is 9.10. The van der Waals surface area contributed by atoms with Gasteiger partial charge in [0.05, 0.1) is 10.7 Å². The first-order valence-electron chi connectivity index (χ1n) is 4.59. The van der Waals surface area contributed by atoms with Gasteiger partial charge >= 0.3 is 0 Å². The summed E-state index contributed by atoms with van der Waals surface area (Å²) in [6.45, 7) is 0.488. The molecule has 0 radical (unpaired) electrons. The van der Waals surface area contributed by atoms with Gasteiger partial charge in [-0.3, -0.25) is 0 Å². The van der Waals surface area contributed by atoms with E-state index >= 15 is 0 Å². The molecular weight excluding hydrogens is 279 g/mol. The van der Waals surface area contributed by atoms with Gasteiger partial charge in [-0.15, -0.1) is 0 Å². The lowest BCUT2D eigenvalue weighted by molar-refractivity contribution is 0.0918. The number of hydrogen-bond donors (Lipinski definition) is 1. The van der Waals surface area contributed by atoms with Crippen molar-refractivity contribution in [2.24, 2.45) is 10.9 Å². The summed E-state index contributed by atoms with van der Waals surface area (Å²) in [4.78, 5) is 5.15. The molecule has 1 unspecified atom stereocenters. The normalized spacial score (nSPS) is 19.9. The first-order valence-corrected chi connectivity index (χ1v) is 5.76. The number of hydrogen-bond acceptors (Lipinski definition) is 3. The number of halogens is 2. The van der Waals surface area contributed by atoms with E-state index in [9.17, 15) is 0 Å². The van der Waals surface area contributed by atoms with Crippen molar-refractivity contribution in [2.45, 2.75) is 12.5 Å². The van der Waals surface area contributed by atoms with Gasteiger partial charge in [-0.2, -0.15) is 0 Å². The molecule has 1 heterocycles. The lowest BCUT2D eigenvalue weighted by atomic mass is 10.1. The molecule has 0 saturated carbocycles. The van der Waals surface area contributed by atoms with Gasteiger partial charge in [0.2, 0.25) is 0 Å². The third kappa shape index (κ3) is 2.33. The molecule has 1 atom stereocenters. The molecule has 1 aliphatic heterocycles. The summed E-state index contributed by atoms with van der Waals surface area (Å²) >= 11 is 9.28. The van der Waals surface area contributed by atoms with E-state index in [1.54, 1.807) is 0 Å². The van der Waals surface area contributed by atoms with Crippen molar-refractivity contribution in [1.29, 1.82) is 0 Å². The Kier molecular flexibility index (Phi) is 3.29. The van der Waals surface area contributed by atoms with Crippen LogP contribution < -0.4 is 5.73 Å². The maximum atomic E-state index is 5.91. The number of nitrogens with zero attached hydrogens (tertiary/aromatic N) is 1. The average molecular weight is 290 g/mol. The standard InChI is InChI=1S/C10H10BrClN2O/c11-8-3-6(1-2-9(8)12)10-4-7(5-13)15-14-10/h1-3,7H,4-5,13H2. The molecule has 0 spiro atoms. The van der Waals surface area contributed by atoms with E-state index in [0.717, 1.165) is 22.2 Å². The molecular formula is C10H10BrClN2O. The summed E-state index contributed by atoms with van der Waals surface area (Å²) in [5, 5.41) is 4.69. The van der Waals surface area contributed by atoms with Crippen molar-refractivity contribution < 1.29 is 4.84 Å². The van der Waals surface area contributed by atoms with Crippen LogP contribution in [0.4, 0.5) is 0 Å². The van der Waals surface area contributed by atoms with Gasteiger partial charge in [-0.25, -0.2) is 0 Å². The predicted octanol–water partition coefficient (Wildman–Crippen LogP) is 2.55. The lowest BCUT2D eigenvalue weighted by Crippen LogP contribution is -2.20. The van der Waals surface area contributed by atoms with Crippen LogP contribution in [0.3, 0.4) is 0 Å².